The number of benzene rings is 1. The van der Waals surface area contributed by atoms with Crippen molar-refractivity contribution in [3.63, 3.8) is 0 Å². The van der Waals surface area contributed by atoms with Crippen LogP contribution in [0.15, 0.2) is 34.7 Å². The Balaban J connectivity index is 2.09. The highest BCUT2D eigenvalue weighted by molar-refractivity contribution is 5.70. The number of aryl methyl sites for hydroxylation is 1. The molecule has 1 heterocycles. The summed E-state index contributed by atoms with van der Waals surface area (Å²) >= 11 is 0. The van der Waals surface area contributed by atoms with Crippen molar-refractivity contribution in [3.8, 4) is 5.75 Å². The van der Waals surface area contributed by atoms with Gasteiger partial charge in [-0.1, -0.05) is 0 Å². The molecule has 0 atom stereocenters. The lowest BCUT2D eigenvalue weighted by molar-refractivity contribution is -0.385. The normalized spacial score (nSPS) is 10.2. The van der Waals surface area contributed by atoms with Crippen molar-refractivity contribution in [1.29, 1.82) is 0 Å². The van der Waals surface area contributed by atoms with Crippen LogP contribution >= 0.6 is 0 Å². The fourth-order valence-electron chi connectivity index (χ4n) is 1.57. The van der Waals surface area contributed by atoms with E-state index in [9.17, 15) is 14.9 Å². The quantitative estimate of drug-likeness (QED) is 0.469. The van der Waals surface area contributed by atoms with E-state index in [2.05, 4.69) is 0 Å². The second kappa shape index (κ2) is 5.34. The van der Waals surface area contributed by atoms with E-state index in [0.29, 0.717) is 23.4 Å². The number of rotatable bonds is 5. The van der Waals surface area contributed by atoms with Crippen molar-refractivity contribution in [2.75, 3.05) is 0 Å². The summed E-state index contributed by atoms with van der Waals surface area (Å²) in [6.45, 7) is 1.76. The van der Waals surface area contributed by atoms with Gasteiger partial charge in [0, 0.05) is 5.56 Å². The molecule has 6 nitrogen and oxygen atoms in total. The molecule has 1 aromatic carbocycles. The molecule has 0 aliphatic rings. The molecule has 0 spiro atoms. The fraction of sp³-hybridized carbons (Fsp3) is 0.154. The van der Waals surface area contributed by atoms with E-state index in [0.717, 1.165) is 0 Å². The Bertz CT molecular complexity index is 617. The third-order valence-corrected chi connectivity index (χ3v) is 2.56. The molecule has 0 saturated heterocycles. The Hall–Kier alpha value is -2.63. The maximum Gasteiger partial charge on any atom is 0.276 e. The number of nitrogens with zero attached hydrogens (tertiary/aromatic N) is 1. The molecule has 19 heavy (non-hydrogen) atoms. The van der Waals surface area contributed by atoms with Gasteiger partial charge in [0.2, 0.25) is 0 Å². The van der Waals surface area contributed by atoms with E-state index < -0.39 is 4.92 Å². The average molecular weight is 261 g/mol. The molecule has 2 rings (SSSR count). The van der Waals surface area contributed by atoms with Gasteiger partial charge in [-0.05, 0) is 31.2 Å². The molecule has 98 valence electrons. The van der Waals surface area contributed by atoms with Crippen molar-refractivity contribution in [3.05, 3.63) is 57.5 Å². The molecule has 0 saturated carbocycles. The predicted octanol–water partition coefficient (Wildman–Crippen LogP) is 2.89. The Morgan fingerprint density at radius 3 is 2.79 bits per heavy atom. The van der Waals surface area contributed by atoms with Crippen LogP contribution in [0.3, 0.4) is 0 Å². The van der Waals surface area contributed by atoms with Crippen molar-refractivity contribution in [2.24, 2.45) is 0 Å². The van der Waals surface area contributed by atoms with Crippen LogP contribution in [0.4, 0.5) is 5.69 Å². The topological polar surface area (TPSA) is 82.6 Å². The fourth-order valence-corrected chi connectivity index (χ4v) is 1.57. The van der Waals surface area contributed by atoms with Gasteiger partial charge in [-0.2, -0.15) is 0 Å². The summed E-state index contributed by atoms with van der Waals surface area (Å²) in [6.07, 6.45) is 0.597. The maximum atomic E-state index is 10.8. The summed E-state index contributed by atoms with van der Waals surface area (Å²) in [5, 5.41) is 10.8. The summed E-state index contributed by atoms with van der Waals surface area (Å²) < 4.78 is 10.5. The summed E-state index contributed by atoms with van der Waals surface area (Å²) in [6, 6.07) is 7.77. The SMILES string of the molecule is Cc1ccc(OCc2ccc(C=O)o2)cc1[N+](=O)[O-]. The lowest BCUT2D eigenvalue weighted by Crippen LogP contribution is -1.96. The van der Waals surface area contributed by atoms with E-state index in [1.54, 1.807) is 25.1 Å². The lowest BCUT2D eigenvalue weighted by Gasteiger charge is -2.05. The smallest absolute Gasteiger partial charge is 0.276 e. The molecule has 1 aromatic heterocycles. The lowest BCUT2D eigenvalue weighted by atomic mass is 10.2. The van der Waals surface area contributed by atoms with E-state index in [1.165, 1.54) is 12.1 Å². The van der Waals surface area contributed by atoms with E-state index in [4.69, 9.17) is 9.15 Å². The van der Waals surface area contributed by atoms with Gasteiger partial charge in [-0.15, -0.1) is 0 Å². The molecule has 0 aliphatic heterocycles. The Kier molecular flexibility index (Phi) is 3.61. The van der Waals surface area contributed by atoms with Gasteiger partial charge in [0.15, 0.2) is 12.0 Å². The number of carbonyl (C=O) groups is 1. The van der Waals surface area contributed by atoms with Crippen LogP contribution in [0, 0.1) is 17.0 Å². The minimum absolute atomic E-state index is 0.00512. The molecule has 0 radical (unpaired) electrons. The largest absolute Gasteiger partial charge is 0.485 e. The Labute approximate surface area is 108 Å². The van der Waals surface area contributed by atoms with Gasteiger partial charge in [-0.25, -0.2) is 0 Å². The second-order valence-electron chi connectivity index (χ2n) is 3.92. The summed E-state index contributed by atoms with van der Waals surface area (Å²) in [5.74, 6) is 1.07. The minimum atomic E-state index is -0.459. The highest BCUT2D eigenvalue weighted by Gasteiger charge is 2.12. The first-order chi connectivity index (χ1) is 9.10. The highest BCUT2D eigenvalue weighted by Crippen LogP contribution is 2.24. The van der Waals surface area contributed by atoms with Crippen LogP contribution in [0.1, 0.15) is 21.9 Å². The van der Waals surface area contributed by atoms with Crippen molar-refractivity contribution < 1.29 is 18.9 Å². The summed E-state index contributed by atoms with van der Waals surface area (Å²) in [4.78, 5) is 20.8. The molecule has 2 aromatic rings. The van der Waals surface area contributed by atoms with Gasteiger partial charge in [0.25, 0.3) is 5.69 Å². The highest BCUT2D eigenvalue weighted by atomic mass is 16.6. The number of ether oxygens (including phenoxy) is 1. The van der Waals surface area contributed by atoms with Crippen molar-refractivity contribution in [1.82, 2.24) is 0 Å². The predicted molar refractivity (Wildman–Crippen MR) is 66.3 cm³/mol. The molecule has 0 bridgehead atoms. The number of hydrogen-bond donors (Lipinski definition) is 0. The maximum absolute atomic E-state index is 10.8. The molecule has 0 N–H and O–H groups in total. The van der Waals surface area contributed by atoms with Crippen LogP contribution in [0.25, 0.3) is 0 Å². The first kappa shape index (κ1) is 12.8. The standard InChI is InChI=1S/C13H11NO5/c1-9-2-3-10(6-13(9)14(16)17)18-8-12-5-4-11(7-15)19-12/h2-7H,8H2,1H3. The van der Waals surface area contributed by atoms with Gasteiger partial charge in [-0.3, -0.25) is 14.9 Å². The average Bonchev–Trinajstić information content (AvgIpc) is 2.85. The van der Waals surface area contributed by atoms with Crippen LogP contribution in [0.2, 0.25) is 0 Å². The first-order valence-corrected chi connectivity index (χ1v) is 5.52. The van der Waals surface area contributed by atoms with Crippen LogP contribution in [-0.4, -0.2) is 11.2 Å². The van der Waals surface area contributed by atoms with Crippen LogP contribution < -0.4 is 4.74 Å². The first-order valence-electron chi connectivity index (χ1n) is 5.52. The van der Waals surface area contributed by atoms with Crippen molar-refractivity contribution in [2.45, 2.75) is 13.5 Å². The zero-order valence-corrected chi connectivity index (χ0v) is 10.2. The molecule has 0 fully saturated rings. The number of nitro benzene ring substituents is 1. The number of nitro groups is 1. The van der Waals surface area contributed by atoms with Crippen LogP contribution in [-0.2, 0) is 6.61 Å². The molecule has 0 unspecified atom stereocenters. The zero-order valence-electron chi connectivity index (χ0n) is 10.2. The molecule has 0 amide bonds. The molecule has 0 aliphatic carbocycles. The van der Waals surface area contributed by atoms with Crippen molar-refractivity contribution >= 4 is 12.0 Å². The van der Waals surface area contributed by atoms with Gasteiger partial charge < -0.3 is 9.15 Å². The summed E-state index contributed by atoms with van der Waals surface area (Å²) in [7, 11) is 0. The van der Waals surface area contributed by atoms with E-state index in [1.807, 2.05) is 0 Å². The van der Waals surface area contributed by atoms with E-state index in [-0.39, 0.29) is 18.1 Å². The van der Waals surface area contributed by atoms with Gasteiger partial charge in [0.05, 0.1) is 11.0 Å². The minimum Gasteiger partial charge on any atom is -0.485 e. The number of hydrogen-bond acceptors (Lipinski definition) is 5. The number of aldehydes is 1. The third-order valence-electron chi connectivity index (χ3n) is 2.56. The van der Waals surface area contributed by atoms with Gasteiger partial charge >= 0.3 is 0 Å². The van der Waals surface area contributed by atoms with Crippen LogP contribution in [0.5, 0.6) is 5.75 Å². The second-order valence-corrected chi connectivity index (χ2v) is 3.92. The Morgan fingerprint density at radius 2 is 2.16 bits per heavy atom. The molecular formula is C13H11NO5. The number of carbonyl (C=O) groups excluding carboxylic acids is 1. The number of furan rings is 1. The monoisotopic (exact) mass is 261 g/mol. The Morgan fingerprint density at radius 1 is 1.37 bits per heavy atom. The van der Waals surface area contributed by atoms with E-state index >= 15 is 0 Å². The molecular weight excluding hydrogens is 250 g/mol. The van der Waals surface area contributed by atoms with Gasteiger partial charge in [0.1, 0.15) is 18.1 Å². The third kappa shape index (κ3) is 2.98. The zero-order chi connectivity index (χ0) is 13.8. The molecule has 6 heteroatoms. The summed E-state index contributed by atoms with van der Waals surface area (Å²) in [5.41, 5.74) is 0.573.